The highest BCUT2D eigenvalue weighted by atomic mass is 16.1. The van der Waals surface area contributed by atoms with Crippen molar-refractivity contribution in [3.63, 3.8) is 0 Å². The molecule has 2 atom stereocenters. The van der Waals surface area contributed by atoms with Crippen molar-refractivity contribution in [3.05, 3.63) is 35.4 Å². The van der Waals surface area contributed by atoms with Crippen molar-refractivity contribution < 1.29 is 4.79 Å². The molecule has 0 saturated heterocycles. The minimum atomic E-state index is 0.343. The summed E-state index contributed by atoms with van der Waals surface area (Å²) in [7, 11) is 0. The molecule has 0 radical (unpaired) electrons. The molecule has 2 aliphatic rings. The van der Waals surface area contributed by atoms with Gasteiger partial charge in [0.2, 0.25) is 0 Å². The van der Waals surface area contributed by atoms with E-state index in [-0.39, 0.29) is 0 Å². The van der Waals surface area contributed by atoms with Crippen molar-refractivity contribution in [3.8, 4) is 0 Å². The Balaban J connectivity index is 1.63. The molecule has 2 fully saturated rings. The molecule has 1 heteroatoms. The third-order valence-electron chi connectivity index (χ3n) is 4.67. The molecule has 2 aliphatic carbocycles. The maximum atomic E-state index is 12.4. The zero-order chi connectivity index (χ0) is 12.5. The van der Waals surface area contributed by atoms with Gasteiger partial charge in [-0.3, -0.25) is 4.79 Å². The second-order valence-corrected chi connectivity index (χ2v) is 6.10. The van der Waals surface area contributed by atoms with Gasteiger partial charge in [-0.25, -0.2) is 0 Å². The lowest BCUT2D eigenvalue weighted by atomic mass is 9.84. The van der Waals surface area contributed by atoms with E-state index in [9.17, 15) is 4.79 Å². The molecule has 2 saturated carbocycles. The normalized spacial score (nSPS) is 28.1. The maximum Gasteiger partial charge on any atom is 0.139 e. The standard InChI is InChI=1S/C17H22O/c1-12-7-9-13(10-8-12)15-11-16(15)17(18)14-5-3-2-4-6-14/h7-10,14-16H,2-6,11H2,1H3. The fourth-order valence-electron chi connectivity index (χ4n) is 3.38. The number of Topliss-reactive ketones (excluding diaryl/α,β-unsaturated/α-hetero) is 1. The van der Waals surface area contributed by atoms with Gasteiger partial charge >= 0.3 is 0 Å². The number of carbonyl (C=O) groups is 1. The third-order valence-corrected chi connectivity index (χ3v) is 4.67. The molecule has 18 heavy (non-hydrogen) atoms. The first-order valence-electron chi connectivity index (χ1n) is 7.36. The van der Waals surface area contributed by atoms with Crippen LogP contribution in [-0.4, -0.2) is 5.78 Å². The molecule has 0 aromatic heterocycles. The van der Waals surface area contributed by atoms with Gasteiger partial charge in [0.25, 0.3) is 0 Å². The lowest BCUT2D eigenvalue weighted by molar-refractivity contribution is -0.125. The number of carbonyl (C=O) groups excluding carboxylic acids is 1. The van der Waals surface area contributed by atoms with Crippen LogP contribution in [0.15, 0.2) is 24.3 Å². The van der Waals surface area contributed by atoms with E-state index in [4.69, 9.17) is 0 Å². The monoisotopic (exact) mass is 242 g/mol. The number of ketones is 1. The number of hydrogen-bond donors (Lipinski definition) is 0. The first kappa shape index (κ1) is 12.0. The molecule has 1 nitrogen and oxygen atoms in total. The zero-order valence-corrected chi connectivity index (χ0v) is 11.2. The molecule has 1 aromatic rings. The zero-order valence-electron chi connectivity index (χ0n) is 11.2. The summed E-state index contributed by atoms with van der Waals surface area (Å²) >= 11 is 0. The molecular weight excluding hydrogens is 220 g/mol. The number of hydrogen-bond acceptors (Lipinski definition) is 1. The lowest BCUT2D eigenvalue weighted by Gasteiger charge is -2.20. The Kier molecular flexibility index (Phi) is 3.23. The Labute approximate surface area is 110 Å². The second-order valence-electron chi connectivity index (χ2n) is 6.10. The van der Waals surface area contributed by atoms with Crippen LogP contribution in [0, 0.1) is 18.8 Å². The van der Waals surface area contributed by atoms with Gasteiger partial charge in [-0.05, 0) is 37.7 Å². The summed E-state index contributed by atoms with van der Waals surface area (Å²) in [5.41, 5.74) is 2.67. The fraction of sp³-hybridized carbons (Fsp3) is 0.588. The SMILES string of the molecule is Cc1ccc(C2CC2C(=O)C2CCCCC2)cc1. The average molecular weight is 242 g/mol. The van der Waals surface area contributed by atoms with E-state index in [2.05, 4.69) is 31.2 Å². The van der Waals surface area contributed by atoms with Gasteiger partial charge in [0, 0.05) is 11.8 Å². The van der Waals surface area contributed by atoms with Crippen molar-refractivity contribution in [2.24, 2.45) is 11.8 Å². The molecule has 3 rings (SSSR count). The molecule has 2 unspecified atom stereocenters. The van der Waals surface area contributed by atoms with Crippen LogP contribution in [-0.2, 0) is 4.79 Å². The minimum absolute atomic E-state index is 0.343. The van der Waals surface area contributed by atoms with Crippen LogP contribution >= 0.6 is 0 Å². The van der Waals surface area contributed by atoms with Crippen LogP contribution in [0.2, 0.25) is 0 Å². The third kappa shape index (κ3) is 2.36. The molecule has 0 amide bonds. The van der Waals surface area contributed by atoms with Crippen LogP contribution in [0.4, 0.5) is 0 Å². The van der Waals surface area contributed by atoms with E-state index in [1.807, 2.05) is 0 Å². The summed E-state index contributed by atoms with van der Waals surface area (Å²) in [6.07, 6.45) is 7.25. The van der Waals surface area contributed by atoms with Crippen molar-refractivity contribution in [1.82, 2.24) is 0 Å². The van der Waals surface area contributed by atoms with E-state index in [1.165, 1.54) is 30.4 Å². The summed E-state index contributed by atoms with van der Waals surface area (Å²) < 4.78 is 0. The molecule has 0 aliphatic heterocycles. The predicted octanol–water partition coefficient (Wildman–Crippen LogP) is 4.25. The highest BCUT2D eigenvalue weighted by Crippen LogP contribution is 2.50. The highest BCUT2D eigenvalue weighted by Gasteiger charge is 2.45. The van der Waals surface area contributed by atoms with E-state index in [0.29, 0.717) is 23.5 Å². The Hall–Kier alpha value is -1.11. The van der Waals surface area contributed by atoms with Gasteiger partial charge < -0.3 is 0 Å². The summed E-state index contributed by atoms with van der Waals surface area (Å²) in [6.45, 7) is 2.11. The van der Waals surface area contributed by atoms with Crippen molar-refractivity contribution in [1.29, 1.82) is 0 Å². The molecule has 0 bridgehead atoms. The van der Waals surface area contributed by atoms with E-state index in [0.717, 1.165) is 19.3 Å². The number of aryl methyl sites for hydroxylation is 1. The lowest BCUT2D eigenvalue weighted by Crippen LogP contribution is -2.19. The van der Waals surface area contributed by atoms with Gasteiger partial charge in [-0.1, -0.05) is 49.1 Å². The molecule has 96 valence electrons. The Morgan fingerprint density at radius 3 is 2.39 bits per heavy atom. The van der Waals surface area contributed by atoms with Crippen molar-refractivity contribution >= 4 is 5.78 Å². The van der Waals surface area contributed by atoms with E-state index >= 15 is 0 Å². The summed E-state index contributed by atoms with van der Waals surface area (Å²) in [4.78, 5) is 12.4. The molecular formula is C17H22O. The van der Waals surface area contributed by atoms with Crippen LogP contribution in [0.25, 0.3) is 0 Å². The largest absolute Gasteiger partial charge is 0.299 e. The highest BCUT2D eigenvalue weighted by molar-refractivity contribution is 5.87. The Morgan fingerprint density at radius 2 is 1.72 bits per heavy atom. The van der Waals surface area contributed by atoms with Gasteiger partial charge in [-0.15, -0.1) is 0 Å². The minimum Gasteiger partial charge on any atom is -0.299 e. The molecule has 0 heterocycles. The first-order chi connectivity index (χ1) is 8.75. The second kappa shape index (κ2) is 4.87. The molecule has 1 aromatic carbocycles. The van der Waals surface area contributed by atoms with Crippen LogP contribution in [0.1, 0.15) is 55.6 Å². The van der Waals surface area contributed by atoms with Crippen LogP contribution in [0.5, 0.6) is 0 Å². The summed E-state index contributed by atoms with van der Waals surface area (Å²) in [5.74, 6) is 1.83. The Morgan fingerprint density at radius 1 is 1.06 bits per heavy atom. The maximum absolute atomic E-state index is 12.4. The van der Waals surface area contributed by atoms with Gasteiger partial charge in [0.15, 0.2) is 0 Å². The van der Waals surface area contributed by atoms with Gasteiger partial charge in [0.05, 0.1) is 0 Å². The molecule has 0 N–H and O–H groups in total. The quantitative estimate of drug-likeness (QED) is 0.774. The van der Waals surface area contributed by atoms with Crippen molar-refractivity contribution in [2.45, 2.75) is 51.4 Å². The molecule has 0 spiro atoms. The van der Waals surface area contributed by atoms with Gasteiger partial charge in [0.1, 0.15) is 5.78 Å². The number of rotatable bonds is 3. The average Bonchev–Trinajstić information content (AvgIpc) is 3.20. The first-order valence-corrected chi connectivity index (χ1v) is 7.36. The summed E-state index contributed by atoms with van der Waals surface area (Å²) in [6, 6.07) is 8.73. The summed E-state index contributed by atoms with van der Waals surface area (Å²) in [5, 5.41) is 0. The number of benzene rings is 1. The predicted molar refractivity (Wildman–Crippen MR) is 73.6 cm³/mol. The smallest absolute Gasteiger partial charge is 0.139 e. The van der Waals surface area contributed by atoms with E-state index in [1.54, 1.807) is 0 Å². The topological polar surface area (TPSA) is 17.1 Å². The Bertz CT molecular complexity index is 425. The van der Waals surface area contributed by atoms with E-state index < -0.39 is 0 Å². The van der Waals surface area contributed by atoms with Crippen molar-refractivity contribution in [2.75, 3.05) is 0 Å². The van der Waals surface area contributed by atoms with Crippen LogP contribution < -0.4 is 0 Å². The van der Waals surface area contributed by atoms with Gasteiger partial charge in [-0.2, -0.15) is 0 Å². The fourth-order valence-corrected chi connectivity index (χ4v) is 3.38. The van der Waals surface area contributed by atoms with Crippen LogP contribution in [0.3, 0.4) is 0 Å².